The van der Waals surface area contributed by atoms with Crippen LogP contribution < -0.4 is 14.7 Å². The van der Waals surface area contributed by atoms with Crippen LogP contribution in [0.5, 0.6) is 0 Å². The van der Waals surface area contributed by atoms with Gasteiger partial charge in [-0.25, -0.2) is 0 Å². The van der Waals surface area contributed by atoms with Gasteiger partial charge in [0.2, 0.25) is 17.7 Å². The summed E-state index contributed by atoms with van der Waals surface area (Å²) in [4.78, 5) is 81.4. The average molecular weight is 739 g/mol. The molecular weight excluding hydrogens is 696 g/mol. The second kappa shape index (κ2) is 15.6. The monoisotopic (exact) mass is 738 g/mol. The maximum absolute atomic E-state index is 14.4. The van der Waals surface area contributed by atoms with Gasteiger partial charge in [0.1, 0.15) is 0 Å². The molecule has 0 bridgehead atoms. The molecule has 2 fully saturated rings. The van der Waals surface area contributed by atoms with Crippen LogP contribution in [0.4, 0.5) is 17.1 Å². The molecule has 3 aromatic rings. The predicted molar refractivity (Wildman–Crippen MR) is 195 cm³/mol. The van der Waals surface area contributed by atoms with Crippen molar-refractivity contribution in [2.75, 3.05) is 27.9 Å². The van der Waals surface area contributed by atoms with Crippen molar-refractivity contribution in [3.8, 4) is 0 Å². The summed E-state index contributed by atoms with van der Waals surface area (Å²) < 4.78 is 10.5. The smallest absolute Gasteiger partial charge is 0.304 e. The number of hydrogen-bond acceptors (Lipinski definition) is 10. The van der Waals surface area contributed by atoms with Crippen molar-refractivity contribution in [2.45, 2.75) is 71.2 Å². The van der Waals surface area contributed by atoms with E-state index in [0.717, 1.165) is 5.56 Å². The van der Waals surface area contributed by atoms with Crippen molar-refractivity contribution in [3.63, 3.8) is 0 Å². The summed E-state index contributed by atoms with van der Waals surface area (Å²) in [5.74, 6) is -3.29. The van der Waals surface area contributed by atoms with Gasteiger partial charge in [-0.2, -0.15) is 0 Å². The first-order valence-electron chi connectivity index (χ1n) is 17.7. The van der Waals surface area contributed by atoms with E-state index < -0.39 is 41.8 Å². The third-order valence-corrected chi connectivity index (χ3v) is 9.82. The molecule has 2 saturated heterocycles. The van der Waals surface area contributed by atoms with Crippen LogP contribution in [0.3, 0.4) is 0 Å². The van der Waals surface area contributed by atoms with E-state index in [9.17, 15) is 39.0 Å². The SMILES string of the molecule is CC(=O)OC1CC(=O)N1c1ccc(CN2C(=O)[C@@](O)([C@@H](C)/C=C/CC(=O)N(CCO)Cc3ccccc3)c3cc(N4C(=O)CC4OC(C)=O)ccc32)cc1. The topological polar surface area (TPSA) is 174 Å². The maximum atomic E-state index is 14.4. The molecule has 54 heavy (non-hydrogen) atoms. The molecule has 0 aliphatic carbocycles. The van der Waals surface area contributed by atoms with Crippen LogP contribution >= 0.6 is 0 Å². The van der Waals surface area contributed by atoms with Gasteiger partial charge in [-0.1, -0.05) is 61.5 Å². The number of aliphatic hydroxyl groups excluding tert-OH is 1. The van der Waals surface area contributed by atoms with Crippen LogP contribution in [0.1, 0.15) is 56.7 Å². The van der Waals surface area contributed by atoms with Gasteiger partial charge in [0.05, 0.1) is 31.7 Å². The zero-order chi connectivity index (χ0) is 38.7. The number of benzene rings is 3. The Morgan fingerprint density at radius 3 is 2.04 bits per heavy atom. The minimum absolute atomic E-state index is 0.00261. The second-order valence-electron chi connectivity index (χ2n) is 13.5. The number of amides is 4. The molecule has 3 heterocycles. The molecule has 0 aromatic heterocycles. The summed E-state index contributed by atoms with van der Waals surface area (Å²) >= 11 is 0. The number of ether oxygens (including phenoxy) is 2. The lowest BCUT2D eigenvalue weighted by atomic mass is 9.82. The quantitative estimate of drug-likeness (QED) is 0.142. The summed E-state index contributed by atoms with van der Waals surface area (Å²) in [6.45, 7) is 4.44. The first-order valence-corrected chi connectivity index (χ1v) is 17.7. The van der Waals surface area contributed by atoms with Gasteiger partial charge in [-0.05, 0) is 41.5 Å². The van der Waals surface area contributed by atoms with Crippen LogP contribution in [0.15, 0.2) is 84.9 Å². The van der Waals surface area contributed by atoms with Crippen LogP contribution in [-0.2, 0) is 56.9 Å². The van der Waals surface area contributed by atoms with Crippen LogP contribution in [0.2, 0.25) is 0 Å². The van der Waals surface area contributed by atoms with Crippen molar-refractivity contribution in [1.29, 1.82) is 0 Å². The van der Waals surface area contributed by atoms with Crippen LogP contribution in [-0.4, -0.2) is 76.3 Å². The zero-order valence-electron chi connectivity index (χ0n) is 30.2. The normalized spacial score (nSPS) is 21.1. The first-order chi connectivity index (χ1) is 25.8. The highest BCUT2D eigenvalue weighted by Gasteiger charge is 2.53. The molecule has 282 valence electrons. The summed E-state index contributed by atoms with van der Waals surface area (Å²) in [5, 5.41) is 22.0. The molecule has 2 unspecified atom stereocenters. The fraction of sp³-hybridized carbons (Fsp3) is 0.350. The largest absolute Gasteiger partial charge is 0.441 e. The van der Waals surface area contributed by atoms with Gasteiger partial charge < -0.3 is 29.5 Å². The Bertz CT molecular complexity index is 1980. The Hall–Kier alpha value is -5.86. The van der Waals surface area contributed by atoms with Gasteiger partial charge in [0.15, 0.2) is 18.1 Å². The highest BCUT2D eigenvalue weighted by atomic mass is 16.6. The number of rotatable bonds is 14. The molecule has 0 saturated carbocycles. The van der Waals surface area contributed by atoms with E-state index in [-0.39, 0.29) is 62.2 Å². The lowest BCUT2D eigenvalue weighted by Crippen LogP contribution is -2.55. The van der Waals surface area contributed by atoms with E-state index >= 15 is 0 Å². The molecule has 3 aliphatic heterocycles. The van der Waals surface area contributed by atoms with Crippen LogP contribution in [0.25, 0.3) is 0 Å². The number of aliphatic hydroxyl groups is 2. The summed E-state index contributed by atoms with van der Waals surface area (Å²) in [7, 11) is 0. The number of hydrogen-bond donors (Lipinski definition) is 2. The number of esters is 2. The van der Waals surface area contributed by atoms with Gasteiger partial charge >= 0.3 is 11.9 Å². The van der Waals surface area contributed by atoms with Crippen molar-refractivity contribution < 1.29 is 48.5 Å². The highest BCUT2D eigenvalue weighted by molar-refractivity contribution is 6.08. The van der Waals surface area contributed by atoms with Crippen molar-refractivity contribution in [1.82, 2.24) is 4.90 Å². The van der Waals surface area contributed by atoms with Crippen LogP contribution in [0, 0.1) is 5.92 Å². The minimum Gasteiger partial charge on any atom is -0.441 e. The van der Waals surface area contributed by atoms with E-state index in [4.69, 9.17) is 9.47 Å². The maximum Gasteiger partial charge on any atom is 0.304 e. The predicted octanol–water partition coefficient (Wildman–Crippen LogP) is 3.28. The zero-order valence-corrected chi connectivity index (χ0v) is 30.2. The number of carbonyl (C=O) groups excluding carboxylic acids is 6. The standard InChI is InChI=1S/C40H42N4O10/c1-25(8-7-11-34(48)41(18-19-45)23-28-9-5-4-6-10-28)40(52)32-20-31(44-36(50)22-38(44)54-27(3)47)16-17-33(32)42(39(40)51)24-29-12-14-30(15-13-29)43-35(49)21-37(43)53-26(2)46/h4-10,12-17,20,25,37-38,45,52H,11,18-19,21-24H2,1-3H3/b8-7+/t25-,37?,38?,40+/m0/s1. The molecule has 0 radical (unpaired) electrons. The Balaban J connectivity index is 1.26. The van der Waals surface area contributed by atoms with E-state index in [2.05, 4.69) is 0 Å². The summed E-state index contributed by atoms with van der Waals surface area (Å²) in [6, 6.07) is 21.0. The van der Waals surface area contributed by atoms with E-state index in [1.807, 2.05) is 30.3 Å². The van der Waals surface area contributed by atoms with Gasteiger partial charge in [0, 0.05) is 56.2 Å². The molecule has 3 aliphatic rings. The Morgan fingerprint density at radius 2 is 1.46 bits per heavy atom. The molecule has 4 atom stereocenters. The number of carbonyl (C=O) groups is 6. The van der Waals surface area contributed by atoms with Gasteiger partial charge in [-0.3, -0.25) is 38.6 Å². The Labute approximate surface area is 312 Å². The van der Waals surface area contributed by atoms with Crippen molar-refractivity contribution in [3.05, 3.63) is 102 Å². The molecule has 4 amide bonds. The van der Waals surface area contributed by atoms with Gasteiger partial charge in [0.25, 0.3) is 5.91 Å². The molecule has 3 aromatic carbocycles. The molecule has 0 spiro atoms. The molecule has 14 nitrogen and oxygen atoms in total. The molecule has 14 heteroatoms. The van der Waals surface area contributed by atoms with Gasteiger partial charge in [-0.15, -0.1) is 0 Å². The average Bonchev–Trinajstić information content (AvgIpc) is 3.33. The van der Waals surface area contributed by atoms with E-state index in [1.54, 1.807) is 61.5 Å². The number of nitrogens with zero attached hydrogens (tertiary/aromatic N) is 4. The fourth-order valence-electron chi connectivity index (χ4n) is 7.01. The number of fused-ring (bicyclic) bond motifs is 1. The number of anilines is 3. The highest BCUT2D eigenvalue weighted by Crippen LogP contribution is 2.48. The third kappa shape index (κ3) is 7.48. The van der Waals surface area contributed by atoms with Crippen molar-refractivity contribution >= 4 is 52.6 Å². The van der Waals surface area contributed by atoms with E-state index in [0.29, 0.717) is 29.2 Å². The number of β-lactam (4-membered cyclic amide) rings is 2. The van der Waals surface area contributed by atoms with Crippen molar-refractivity contribution in [2.24, 2.45) is 5.92 Å². The third-order valence-electron chi connectivity index (χ3n) is 9.82. The summed E-state index contributed by atoms with van der Waals surface area (Å²) in [6.07, 6.45) is 1.71. The Morgan fingerprint density at radius 1 is 0.870 bits per heavy atom. The second-order valence-corrected chi connectivity index (χ2v) is 13.5. The lowest BCUT2D eigenvalue weighted by Gasteiger charge is -2.39. The van der Waals surface area contributed by atoms with E-state index in [1.165, 1.54) is 33.4 Å². The first kappa shape index (κ1) is 37.9. The Kier molecular flexibility index (Phi) is 11.0. The summed E-state index contributed by atoms with van der Waals surface area (Å²) in [5.41, 5.74) is 0.940. The minimum atomic E-state index is -2.12. The lowest BCUT2D eigenvalue weighted by molar-refractivity contribution is -0.155. The molecule has 2 N–H and O–H groups in total. The fourth-order valence-corrected chi connectivity index (χ4v) is 7.01. The molecule has 6 rings (SSSR count). The molecular formula is C40H42N4O10.